The highest BCUT2D eigenvalue weighted by atomic mass is 19.4. The Balaban J connectivity index is 2.00. The molecule has 1 aliphatic rings. The molecule has 1 fully saturated rings. The summed E-state index contributed by atoms with van der Waals surface area (Å²) in [6.45, 7) is 3.06. The number of hydrogen-bond acceptors (Lipinski definition) is 5. The summed E-state index contributed by atoms with van der Waals surface area (Å²) in [7, 11) is 1.93. The first kappa shape index (κ1) is 20.8. The highest BCUT2D eigenvalue weighted by Crippen LogP contribution is 2.31. The number of likely N-dealkylation sites (tertiary alicyclic amines) is 1. The number of ether oxygens (including phenoxy) is 1. The van der Waals surface area contributed by atoms with Gasteiger partial charge in [-0.2, -0.15) is 18.2 Å². The van der Waals surface area contributed by atoms with Gasteiger partial charge in [-0.25, -0.2) is 0 Å². The van der Waals surface area contributed by atoms with E-state index >= 15 is 0 Å². The first-order chi connectivity index (χ1) is 13.6. The van der Waals surface area contributed by atoms with Crippen LogP contribution >= 0.6 is 0 Å². The molecule has 0 radical (unpaired) electrons. The number of carbonyl (C=O) groups is 1. The summed E-state index contributed by atoms with van der Waals surface area (Å²) < 4.78 is 45.6. The van der Waals surface area contributed by atoms with E-state index in [9.17, 15) is 22.8 Å². The first-order valence-corrected chi connectivity index (χ1v) is 9.02. The maximum atomic E-state index is 12.8. The second kappa shape index (κ2) is 7.86. The zero-order valence-electron chi connectivity index (χ0n) is 15.9. The third-order valence-corrected chi connectivity index (χ3v) is 4.90. The highest BCUT2D eigenvalue weighted by molar-refractivity contribution is 5.90. The minimum absolute atomic E-state index is 0.0843. The lowest BCUT2D eigenvalue weighted by atomic mass is 10.1. The molecule has 2 heterocycles. The number of hydrogen-bond donors (Lipinski definition) is 1. The van der Waals surface area contributed by atoms with Gasteiger partial charge in [0.05, 0.1) is 11.6 Å². The minimum Gasteiger partial charge on any atom is -0.460 e. The number of halogens is 3. The van der Waals surface area contributed by atoms with E-state index in [1.165, 1.54) is 16.7 Å². The van der Waals surface area contributed by atoms with Crippen LogP contribution in [0.2, 0.25) is 0 Å². The van der Waals surface area contributed by atoms with E-state index in [4.69, 9.17) is 10.5 Å². The summed E-state index contributed by atoms with van der Waals surface area (Å²) in [5.41, 5.74) is 4.12. The third kappa shape index (κ3) is 4.58. The van der Waals surface area contributed by atoms with Crippen molar-refractivity contribution in [3.63, 3.8) is 0 Å². The van der Waals surface area contributed by atoms with Crippen LogP contribution in [0.1, 0.15) is 41.0 Å². The molecule has 1 aromatic heterocycles. The highest BCUT2D eigenvalue weighted by Gasteiger charge is 2.31. The van der Waals surface area contributed by atoms with Gasteiger partial charge >= 0.3 is 12.2 Å². The lowest BCUT2D eigenvalue weighted by Gasteiger charge is -2.22. The molecule has 0 saturated carbocycles. The summed E-state index contributed by atoms with van der Waals surface area (Å²) in [4.78, 5) is 30.3. The van der Waals surface area contributed by atoms with Crippen molar-refractivity contribution in [1.82, 2.24) is 14.5 Å². The molecule has 0 spiro atoms. The molecule has 1 aliphatic heterocycles. The van der Waals surface area contributed by atoms with Crippen molar-refractivity contribution in [2.75, 3.05) is 20.1 Å². The molecule has 1 saturated heterocycles. The molecular formula is C19H21F3N4O3. The molecule has 0 aliphatic carbocycles. The Labute approximate surface area is 164 Å². The summed E-state index contributed by atoms with van der Waals surface area (Å²) in [5.74, 6) is -0.871. The summed E-state index contributed by atoms with van der Waals surface area (Å²) in [6.07, 6.45) is -3.98. The van der Waals surface area contributed by atoms with Gasteiger partial charge in [-0.15, -0.1) is 0 Å². The number of carbonyl (C=O) groups excluding carboxylic acids is 1. The van der Waals surface area contributed by atoms with Gasteiger partial charge in [-0.1, -0.05) is 12.1 Å². The molecule has 10 heteroatoms. The van der Waals surface area contributed by atoms with Crippen molar-refractivity contribution in [3.8, 4) is 6.01 Å². The Hall–Kier alpha value is -2.88. The standard InChI is InChI=1S/C19H21F3N4O3/c1-11(12-3-5-13(6-4-12)19(20,21)22)26-16(27)9-15(17(23)28)24-18(26)29-14-7-8-25(2)10-14/h3-6,9,11,14H,7-8,10H2,1-2H3,(H2,23,28). The van der Waals surface area contributed by atoms with Crippen LogP contribution in [0.15, 0.2) is 35.1 Å². The van der Waals surface area contributed by atoms with Crippen molar-refractivity contribution in [2.45, 2.75) is 31.7 Å². The van der Waals surface area contributed by atoms with Crippen LogP contribution in [-0.2, 0) is 6.18 Å². The SMILES string of the molecule is CC(c1ccc(C(F)(F)F)cc1)n1c(OC2CCN(C)C2)nc(C(N)=O)cc1=O. The largest absolute Gasteiger partial charge is 0.460 e. The average molecular weight is 410 g/mol. The van der Waals surface area contributed by atoms with Gasteiger partial charge in [-0.05, 0) is 38.1 Å². The first-order valence-electron chi connectivity index (χ1n) is 9.02. The van der Waals surface area contributed by atoms with E-state index in [-0.39, 0.29) is 17.8 Å². The molecule has 1 aromatic carbocycles. The topological polar surface area (TPSA) is 90.4 Å². The lowest BCUT2D eigenvalue weighted by molar-refractivity contribution is -0.137. The van der Waals surface area contributed by atoms with Crippen molar-refractivity contribution in [1.29, 1.82) is 0 Å². The Bertz CT molecular complexity index is 957. The molecule has 3 rings (SSSR count). The van der Waals surface area contributed by atoms with Gasteiger partial charge in [0.25, 0.3) is 11.5 Å². The van der Waals surface area contributed by atoms with Gasteiger partial charge in [-0.3, -0.25) is 14.2 Å². The van der Waals surface area contributed by atoms with E-state index in [2.05, 4.69) is 4.98 Å². The van der Waals surface area contributed by atoms with Gasteiger partial charge in [0.15, 0.2) is 0 Å². The zero-order chi connectivity index (χ0) is 21.3. The number of nitrogens with zero attached hydrogens (tertiary/aromatic N) is 3. The van der Waals surface area contributed by atoms with Crippen LogP contribution in [0.5, 0.6) is 6.01 Å². The summed E-state index contributed by atoms with van der Waals surface area (Å²) >= 11 is 0. The molecule has 2 aromatic rings. The Morgan fingerprint density at radius 2 is 1.97 bits per heavy atom. The van der Waals surface area contributed by atoms with Crippen molar-refractivity contribution in [2.24, 2.45) is 5.73 Å². The molecule has 1 amide bonds. The van der Waals surface area contributed by atoms with Crippen molar-refractivity contribution < 1.29 is 22.7 Å². The van der Waals surface area contributed by atoms with E-state index in [0.29, 0.717) is 18.5 Å². The third-order valence-electron chi connectivity index (χ3n) is 4.90. The van der Waals surface area contributed by atoms with Crippen molar-refractivity contribution >= 4 is 5.91 Å². The van der Waals surface area contributed by atoms with Crippen LogP contribution < -0.4 is 16.0 Å². The monoisotopic (exact) mass is 410 g/mol. The van der Waals surface area contributed by atoms with E-state index in [0.717, 1.165) is 24.7 Å². The molecule has 2 atom stereocenters. The number of nitrogens with two attached hydrogens (primary N) is 1. The maximum absolute atomic E-state index is 12.8. The Morgan fingerprint density at radius 1 is 1.31 bits per heavy atom. The number of alkyl halides is 3. The van der Waals surface area contributed by atoms with E-state index < -0.39 is 29.2 Å². The van der Waals surface area contributed by atoms with Gasteiger partial charge in [0.2, 0.25) is 0 Å². The van der Waals surface area contributed by atoms with Crippen LogP contribution in [-0.4, -0.2) is 46.6 Å². The minimum atomic E-state index is -4.45. The molecule has 7 nitrogen and oxygen atoms in total. The fourth-order valence-corrected chi connectivity index (χ4v) is 3.28. The number of rotatable bonds is 5. The summed E-state index contributed by atoms with van der Waals surface area (Å²) in [6, 6.07) is 4.75. The van der Waals surface area contributed by atoms with Crippen LogP contribution in [0.3, 0.4) is 0 Å². The maximum Gasteiger partial charge on any atom is 0.416 e. The second-order valence-electron chi connectivity index (χ2n) is 7.08. The molecule has 156 valence electrons. The number of primary amides is 1. The molecule has 2 N–H and O–H groups in total. The Kier molecular flexibility index (Phi) is 5.65. The predicted octanol–water partition coefficient (Wildman–Crippen LogP) is 2.05. The van der Waals surface area contributed by atoms with Crippen LogP contribution in [0, 0.1) is 0 Å². The van der Waals surface area contributed by atoms with Gasteiger partial charge in [0.1, 0.15) is 11.8 Å². The number of amides is 1. The molecule has 2 unspecified atom stereocenters. The average Bonchev–Trinajstić information content (AvgIpc) is 3.05. The predicted molar refractivity (Wildman–Crippen MR) is 98.8 cm³/mol. The normalized spacial score (nSPS) is 18.6. The van der Waals surface area contributed by atoms with E-state index in [1.807, 2.05) is 11.9 Å². The molecule has 29 heavy (non-hydrogen) atoms. The van der Waals surface area contributed by atoms with Crippen LogP contribution in [0.4, 0.5) is 13.2 Å². The molecular weight excluding hydrogens is 389 g/mol. The fraction of sp³-hybridized carbons (Fsp3) is 0.421. The fourth-order valence-electron chi connectivity index (χ4n) is 3.28. The van der Waals surface area contributed by atoms with Gasteiger partial charge < -0.3 is 15.4 Å². The quantitative estimate of drug-likeness (QED) is 0.815. The lowest BCUT2D eigenvalue weighted by Crippen LogP contribution is -2.32. The zero-order valence-corrected chi connectivity index (χ0v) is 15.9. The second-order valence-corrected chi connectivity index (χ2v) is 7.08. The summed E-state index contributed by atoms with van der Waals surface area (Å²) in [5, 5.41) is 0. The Morgan fingerprint density at radius 3 is 2.48 bits per heavy atom. The number of aromatic nitrogens is 2. The number of likely N-dealkylation sites (N-methyl/N-ethyl adjacent to an activating group) is 1. The number of benzene rings is 1. The smallest absolute Gasteiger partial charge is 0.416 e. The molecule has 0 bridgehead atoms. The van der Waals surface area contributed by atoms with Gasteiger partial charge in [0, 0.05) is 19.2 Å². The van der Waals surface area contributed by atoms with Crippen molar-refractivity contribution in [3.05, 3.63) is 57.5 Å². The van der Waals surface area contributed by atoms with E-state index in [1.54, 1.807) is 6.92 Å². The van der Waals surface area contributed by atoms with Crippen LogP contribution in [0.25, 0.3) is 0 Å².